The van der Waals surface area contributed by atoms with Gasteiger partial charge in [0.05, 0.1) is 28.0 Å². The van der Waals surface area contributed by atoms with E-state index in [0.717, 1.165) is 33.8 Å². The molecule has 2 N–H and O–H groups in total. The molecule has 0 bridgehead atoms. The standard InChI is InChI=1S/C22H19FN6/c1-11-18(14-6-5-13(10-24)19-15(14)7-8-25-19)16(23)9-17-20(11)29-12(2)27-28-21(29)22(3,4)26-17/h5-9,25-26H,1-4H3. The molecule has 5 rings (SSSR count). The van der Waals surface area contributed by atoms with Gasteiger partial charge in [-0.05, 0) is 57.0 Å². The van der Waals surface area contributed by atoms with Crippen molar-refractivity contribution < 1.29 is 4.39 Å². The van der Waals surface area contributed by atoms with Crippen LogP contribution in [0.3, 0.4) is 0 Å². The van der Waals surface area contributed by atoms with Crippen molar-refractivity contribution in [2.45, 2.75) is 33.2 Å². The molecular formula is C22H19FN6. The second-order valence-electron chi connectivity index (χ2n) is 7.95. The number of H-pyrrole nitrogens is 1. The number of anilines is 1. The summed E-state index contributed by atoms with van der Waals surface area (Å²) in [6.07, 6.45) is 1.77. The van der Waals surface area contributed by atoms with Gasteiger partial charge >= 0.3 is 0 Å². The Balaban J connectivity index is 1.85. The zero-order chi connectivity index (χ0) is 20.5. The lowest BCUT2D eigenvalue weighted by molar-refractivity contribution is 0.532. The van der Waals surface area contributed by atoms with Crippen LogP contribution in [0.15, 0.2) is 30.5 Å². The van der Waals surface area contributed by atoms with Crippen LogP contribution in [0.1, 0.15) is 36.6 Å². The van der Waals surface area contributed by atoms with Crippen molar-refractivity contribution in [3.05, 3.63) is 59.1 Å². The Kier molecular flexibility index (Phi) is 3.41. The lowest BCUT2D eigenvalue weighted by atomic mass is 9.91. The molecule has 0 aliphatic carbocycles. The molecule has 2 aromatic heterocycles. The summed E-state index contributed by atoms with van der Waals surface area (Å²) in [6, 6.07) is 9.14. The van der Waals surface area contributed by atoms with Gasteiger partial charge in [-0.3, -0.25) is 4.57 Å². The maximum absolute atomic E-state index is 15.4. The van der Waals surface area contributed by atoms with Gasteiger partial charge in [0.1, 0.15) is 17.7 Å². The molecular weight excluding hydrogens is 367 g/mol. The van der Waals surface area contributed by atoms with Gasteiger partial charge in [-0.1, -0.05) is 6.07 Å². The zero-order valence-corrected chi connectivity index (χ0v) is 16.6. The van der Waals surface area contributed by atoms with Gasteiger partial charge in [0.25, 0.3) is 0 Å². The third-order valence-electron chi connectivity index (χ3n) is 5.66. The molecule has 144 valence electrons. The number of nitrogens with zero attached hydrogens (tertiary/aromatic N) is 4. The van der Waals surface area contributed by atoms with Crippen molar-refractivity contribution in [1.29, 1.82) is 5.26 Å². The first-order valence-electron chi connectivity index (χ1n) is 9.38. The fourth-order valence-corrected chi connectivity index (χ4v) is 4.38. The molecule has 0 atom stereocenters. The summed E-state index contributed by atoms with van der Waals surface area (Å²) in [5, 5.41) is 22.2. The third-order valence-corrected chi connectivity index (χ3v) is 5.66. The summed E-state index contributed by atoms with van der Waals surface area (Å²) in [6.45, 7) is 7.81. The predicted molar refractivity (Wildman–Crippen MR) is 109 cm³/mol. The minimum absolute atomic E-state index is 0.314. The second kappa shape index (κ2) is 5.67. The summed E-state index contributed by atoms with van der Waals surface area (Å²) in [4.78, 5) is 3.10. The maximum Gasteiger partial charge on any atom is 0.162 e. The number of hydrogen-bond acceptors (Lipinski definition) is 4. The maximum atomic E-state index is 15.4. The summed E-state index contributed by atoms with van der Waals surface area (Å²) >= 11 is 0. The number of hydrogen-bond donors (Lipinski definition) is 2. The number of nitrogens with one attached hydrogen (secondary N) is 2. The molecule has 0 spiro atoms. The van der Waals surface area contributed by atoms with E-state index in [9.17, 15) is 5.26 Å². The van der Waals surface area contributed by atoms with Crippen molar-refractivity contribution in [3.63, 3.8) is 0 Å². The van der Waals surface area contributed by atoms with Crippen molar-refractivity contribution in [3.8, 4) is 22.9 Å². The van der Waals surface area contributed by atoms with Crippen LogP contribution in [-0.4, -0.2) is 19.7 Å². The molecule has 0 radical (unpaired) electrons. The lowest BCUT2D eigenvalue weighted by Gasteiger charge is -2.35. The Morgan fingerprint density at radius 3 is 2.72 bits per heavy atom. The van der Waals surface area contributed by atoms with E-state index in [-0.39, 0.29) is 5.82 Å². The van der Waals surface area contributed by atoms with Gasteiger partial charge in [0.15, 0.2) is 5.82 Å². The smallest absolute Gasteiger partial charge is 0.162 e. The first-order valence-corrected chi connectivity index (χ1v) is 9.38. The Morgan fingerprint density at radius 1 is 1.17 bits per heavy atom. The minimum Gasteiger partial charge on any atom is -0.371 e. The molecule has 4 aromatic rings. The van der Waals surface area contributed by atoms with E-state index in [4.69, 9.17) is 0 Å². The topological polar surface area (TPSA) is 82.3 Å². The lowest BCUT2D eigenvalue weighted by Crippen LogP contribution is -2.36. The first kappa shape index (κ1) is 17.4. The fourth-order valence-electron chi connectivity index (χ4n) is 4.38. The normalized spacial score (nSPS) is 14.2. The van der Waals surface area contributed by atoms with E-state index >= 15 is 4.39 Å². The van der Waals surface area contributed by atoms with Crippen LogP contribution in [-0.2, 0) is 5.54 Å². The molecule has 0 fully saturated rings. The number of nitriles is 1. The monoisotopic (exact) mass is 386 g/mol. The van der Waals surface area contributed by atoms with Crippen LogP contribution in [0.25, 0.3) is 27.7 Å². The predicted octanol–water partition coefficient (Wildman–Crippen LogP) is 4.70. The van der Waals surface area contributed by atoms with Crippen molar-refractivity contribution in [1.82, 2.24) is 19.7 Å². The quantitative estimate of drug-likeness (QED) is 0.497. The molecule has 3 heterocycles. The Morgan fingerprint density at radius 2 is 1.97 bits per heavy atom. The Bertz CT molecular complexity index is 1350. The summed E-state index contributed by atoms with van der Waals surface area (Å²) < 4.78 is 17.4. The van der Waals surface area contributed by atoms with Gasteiger partial charge in [0.2, 0.25) is 0 Å². The highest BCUT2D eigenvalue weighted by Crippen LogP contribution is 2.44. The summed E-state index contributed by atoms with van der Waals surface area (Å²) in [5.74, 6) is 1.23. The Labute approximate surface area is 167 Å². The van der Waals surface area contributed by atoms with Gasteiger partial charge in [-0.15, -0.1) is 10.2 Å². The van der Waals surface area contributed by atoms with Crippen molar-refractivity contribution in [2.24, 2.45) is 0 Å². The van der Waals surface area contributed by atoms with Crippen LogP contribution in [0.5, 0.6) is 0 Å². The summed E-state index contributed by atoms with van der Waals surface area (Å²) in [7, 11) is 0. The van der Waals surface area contributed by atoms with Crippen LogP contribution in [0.4, 0.5) is 10.1 Å². The summed E-state index contributed by atoms with van der Waals surface area (Å²) in [5.41, 5.74) is 4.38. The van der Waals surface area contributed by atoms with Gasteiger partial charge in [-0.25, -0.2) is 4.39 Å². The third kappa shape index (κ3) is 2.26. The average Bonchev–Trinajstić information content (AvgIpc) is 3.29. The van der Waals surface area contributed by atoms with E-state index in [1.807, 2.05) is 44.4 Å². The first-order chi connectivity index (χ1) is 13.8. The van der Waals surface area contributed by atoms with Crippen molar-refractivity contribution in [2.75, 3.05) is 5.32 Å². The second-order valence-corrected chi connectivity index (χ2v) is 7.95. The molecule has 0 unspecified atom stereocenters. The highest BCUT2D eigenvalue weighted by atomic mass is 19.1. The van der Waals surface area contributed by atoms with E-state index < -0.39 is 5.54 Å². The number of fused-ring (bicyclic) bond motifs is 4. The van der Waals surface area contributed by atoms with Crippen LogP contribution in [0, 0.1) is 31.0 Å². The fraction of sp³-hybridized carbons (Fsp3) is 0.227. The molecule has 1 aliphatic heterocycles. The van der Waals surface area contributed by atoms with E-state index in [1.54, 1.807) is 18.3 Å². The van der Waals surface area contributed by atoms with Gasteiger partial charge in [0, 0.05) is 17.1 Å². The molecule has 0 saturated heterocycles. The number of aryl methyl sites for hydroxylation is 1. The highest BCUT2D eigenvalue weighted by molar-refractivity contribution is 5.99. The van der Waals surface area contributed by atoms with E-state index in [2.05, 4.69) is 26.6 Å². The van der Waals surface area contributed by atoms with Gasteiger partial charge < -0.3 is 10.3 Å². The molecule has 29 heavy (non-hydrogen) atoms. The van der Waals surface area contributed by atoms with E-state index in [0.29, 0.717) is 22.3 Å². The van der Waals surface area contributed by atoms with Crippen molar-refractivity contribution >= 4 is 16.6 Å². The van der Waals surface area contributed by atoms with E-state index in [1.165, 1.54) is 0 Å². The molecule has 0 amide bonds. The molecule has 6 nitrogen and oxygen atoms in total. The molecule has 2 aromatic carbocycles. The average molecular weight is 386 g/mol. The number of aromatic nitrogens is 4. The van der Waals surface area contributed by atoms with Gasteiger partial charge in [-0.2, -0.15) is 5.26 Å². The van der Waals surface area contributed by atoms with Crippen LogP contribution >= 0.6 is 0 Å². The largest absolute Gasteiger partial charge is 0.371 e. The minimum atomic E-state index is -0.475. The highest BCUT2D eigenvalue weighted by Gasteiger charge is 2.36. The number of benzene rings is 2. The van der Waals surface area contributed by atoms with Crippen LogP contribution < -0.4 is 5.32 Å². The Hall–Kier alpha value is -3.66. The molecule has 1 aliphatic rings. The molecule has 0 saturated carbocycles. The zero-order valence-electron chi connectivity index (χ0n) is 16.6. The SMILES string of the molecule is Cc1c(-c2ccc(C#N)c3[nH]ccc23)c(F)cc2c1-n1c(C)nnc1C(C)(C)N2. The molecule has 7 heteroatoms. The number of halogens is 1. The number of rotatable bonds is 1. The number of aromatic amines is 1. The van der Waals surface area contributed by atoms with Crippen LogP contribution in [0.2, 0.25) is 0 Å².